The molecule has 2 aromatic carbocycles. The van der Waals surface area contributed by atoms with Gasteiger partial charge in [0.25, 0.3) is 0 Å². The zero-order valence-electron chi connectivity index (χ0n) is 23.6. The number of rotatable bonds is 11. The van der Waals surface area contributed by atoms with E-state index in [0.29, 0.717) is 42.2 Å². The van der Waals surface area contributed by atoms with Crippen LogP contribution in [0.3, 0.4) is 0 Å². The third-order valence-electron chi connectivity index (χ3n) is 7.26. The molecular formula is C29H36ClF2N3O4SSi. The Labute approximate surface area is 248 Å². The Bertz CT molecular complexity index is 1340. The standard InChI is InChI=1S/C28H34ClF2N3O3SSi.CH2O/c1-39(2,3)15-14-37-19-34-27(32-18-33-34)26(35)16-20-10-12-28(13-11-20,24-17-22(30)6-9-25(24)31)38(36)23-7-4-21(29)5-8-23;1-2/h4-9,17-18,20H,10-16,19H2,1-3H3;1H2/t20?,28?,38-;/m0./s1. The fourth-order valence-electron chi connectivity index (χ4n) is 4.99. The number of nitrogens with zero attached hydrogens (tertiary/aromatic N) is 3. The van der Waals surface area contributed by atoms with Crippen LogP contribution in [-0.2, 0) is 31.8 Å². The van der Waals surface area contributed by atoms with Crippen molar-refractivity contribution >= 4 is 43.0 Å². The van der Waals surface area contributed by atoms with Crippen LogP contribution in [0.25, 0.3) is 0 Å². The third kappa shape index (κ3) is 8.47. The first kappa shape index (κ1) is 32.9. The smallest absolute Gasteiger partial charge is 0.200 e. The van der Waals surface area contributed by atoms with Gasteiger partial charge < -0.3 is 9.53 Å². The maximum atomic E-state index is 15.1. The van der Waals surface area contributed by atoms with Crippen LogP contribution in [0.15, 0.2) is 53.7 Å². The van der Waals surface area contributed by atoms with Gasteiger partial charge in [0, 0.05) is 36.6 Å². The van der Waals surface area contributed by atoms with Crippen molar-refractivity contribution in [3.8, 4) is 0 Å². The molecule has 3 aromatic rings. The van der Waals surface area contributed by atoms with Gasteiger partial charge in [-0.05, 0) is 80.1 Å². The summed E-state index contributed by atoms with van der Waals surface area (Å²) in [5.74, 6) is -1.07. The Kier molecular flexibility index (Phi) is 11.7. The van der Waals surface area contributed by atoms with Crippen LogP contribution in [0.1, 0.15) is 48.3 Å². The van der Waals surface area contributed by atoms with Crippen molar-refractivity contribution in [2.45, 2.75) is 74.2 Å². The average Bonchev–Trinajstić information content (AvgIpc) is 3.42. The fraction of sp³-hybridized carbons (Fsp3) is 0.448. The van der Waals surface area contributed by atoms with Gasteiger partial charge >= 0.3 is 0 Å². The minimum Gasteiger partial charge on any atom is -0.359 e. The molecule has 1 saturated carbocycles. The number of carbonyl (C=O) groups is 2. The van der Waals surface area contributed by atoms with Crippen molar-refractivity contribution in [1.82, 2.24) is 14.8 Å². The van der Waals surface area contributed by atoms with Gasteiger partial charge in [-0.2, -0.15) is 5.10 Å². The van der Waals surface area contributed by atoms with Crippen LogP contribution in [0.2, 0.25) is 30.7 Å². The summed E-state index contributed by atoms with van der Waals surface area (Å²) in [6.07, 6.45) is 3.33. The molecule has 0 radical (unpaired) electrons. The number of aromatic nitrogens is 3. The first-order chi connectivity index (χ1) is 19.5. The molecule has 1 fully saturated rings. The van der Waals surface area contributed by atoms with Gasteiger partial charge in [-0.25, -0.2) is 18.4 Å². The summed E-state index contributed by atoms with van der Waals surface area (Å²) < 4.78 is 49.3. The van der Waals surface area contributed by atoms with Crippen molar-refractivity contribution < 1.29 is 27.3 Å². The first-order valence-corrected chi connectivity index (χ1v) is 18.6. The van der Waals surface area contributed by atoms with E-state index in [2.05, 4.69) is 29.7 Å². The highest BCUT2D eigenvalue weighted by molar-refractivity contribution is 7.86. The highest BCUT2D eigenvalue weighted by atomic mass is 35.5. The van der Waals surface area contributed by atoms with E-state index in [4.69, 9.17) is 21.1 Å². The Hall–Kier alpha value is -2.60. The number of hydrogen-bond donors (Lipinski definition) is 0. The summed E-state index contributed by atoms with van der Waals surface area (Å²) in [6, 6.07) is 10.9. The van der Waals surface area contributed by atoms with E-state index in [9.17, 15) is 13.4 Å². The summed E-state index contributed by atoms with van der Waals surface area (Å²) >= 11 is 6.02. The minimum absolute atomic E-state index is 0.0116. The molecule has 222 valence electrons. The second kappa shape index (κ2) is 14.5. The van der Waals surface area contributed by atoms with E-state index in [-0.39, 0.29) is 36.2 Å². The van der Waals surface area contributed by atoms with Crippen LogP contribution in [0.5, 0.6) is 0 Å². The molecule has 4 rings (SSSR count). The lowest BCUT2D eigenvalue weighted by Gasteiger charge is -2.40. The topological polar surface area (TPSA) is 91.2 Å². The molecule has 7 nitrogen and oxygen atoms in total. The molecule has 0 saturated heterocycles. The monoisotopic (exact) mass is 623 g/mol. The normalized spacial score (nSPS) is 19.7. The number of ether oxygens (including phenoxy) is 1. The molecule has 1 aromatic heterocycles. The van der Waals surface area contributed by atoms with E-state index in [0.717, 1.165) is 24.2 Å². The van der Waals surface area contributed by atoms with Crippen molar-refractivity contribution in [1.29, 1.82) is 0 Å². The first-order valence-electron chi connectivity index (χ1n) is 13.4. The molecule has 1 aliphatic rings. The van der Waals surface area contributed by atoms with Crippen LogP contribution in [-0.4, -0.2) is 46.2 Å². The van der Waals surface area contributed by atoms with Gasteiger partial charge in [-0.15, -0.1) is 0 Å². The molecule has 0 spiro atoms. The Morgan fingerprint density at radius 2 is 1.80 bits per heavy atom. The lowest BCUT2D eigenvalue weighted by Crippen LogP contribution is -2.37. The van der Waals surface area contributed by atoms with Crippen LogP contribution < -0.4 is 0 Å². The van der Waals surface area contributed by atoms with Gasteiger partial charge in [-0.3, -0.25) is 9.00 Å². The molecule has 12 heteroatoms. The summed E-state index contributed by atoms with van der Waals surface area (Å²) in [7, 11) is -2.90. The highest BCUT2D eigenvalue weighted by Gasteiger charge is 2.45. The van der Waals surface area contributed by atoms with Crippen molar-refractivity contribution in [3.05, 3.63) is 76.8 Å². The van der Waals surface area contributed by atoms with Crippen LogP contribution in [0.4, 0.5) is 8.78 Å². The van der Waals surface area contributed by atoms with Crippen LogP contribution >= 0.6 is 11.6 Å². The lowest BCUT2D eigenvalue weighted by molar-refractivity contribution is -0.0980. The summed E-state index contributed by atoms with van der Waals surface area (Å²) in [5, 5.41) is 4.65. The fourth-order valence-corrected chi connectivity index (χ4v) is 7.67. The molecule has 0 amide bonds. The quantitative estimate of drug-likeness (QED) is 0.132. The molecule has 0 N–H and O–H groups in total. The van der Waals surface area contributed by atoms with Gasteiger partial charge in [0.15, 0.2) is 11.6 Å². The minimum atomic E-state index is -1.67. The number of carbonyl (C=O) groups excluding carboxylic acids is 2. The number of Topliss-reactive ketones (excluding diaryl/α,β-unsaturated/α-hetero) is 1. The summed E-state index contributed by atoms with van der Waals surface area (Å²) in [6.45, 7) is 9.58. The summed E-state index contributed by atoms with van der Waals surface area (Å²) in [4.78, 5) is 25.8. The van der Waals surface area contributed by atoms with Crippen molar-refractivity contribution in [2.75, 3.05) is 6.61 Å². The second-order valence-corrected chi connectivity index (χ2v) is 19.2. The van der Waals surface area contributed by atoms with E-state index < -0.39 is 35.3 Å². The molecule has 1 heterocycles. The lowest BCUT2D eigenvalue weighted by atomic mass is 9.76. The predicted molar refractivity (Wildman–Crippen MR) is 158 cm³/mol. The third-order valence-corrected chi connectivity index (χ3v) is 11.3. The average molecular weight is 624 g/mol. The zero-order valence-corrected chi connectivity index (χ0v) is 26.1. The van der Waals surface area contributed by atoms with Crippen molar-refractivity contribution in [2.24, 2.45) is 5.92 Å². The summed E-state index contributed by atoms with van der Waals surface area (Å²) in [5.41, 5.74) is 0.107. The van der Waals surface area contributed by atoms with Gasteiger partial charge in [0.1, 0.15) is 31.5 Å². The number of hydrogen-bond acceptors (Lipinski definition) is 6. The second-order valence-electron chi connectivity index (χ2n) is 11.3. The van der Waals surface area contributed by atoms with Crippen LogP contribution in [0, 0.1) is 17.6 Å². The highest BCUT2D eigenvalue weighted by Crippen LogP contribution is 2.48. The molecule has 1 aliphatic carbocycles. The molecule has 0 unspecified atom stereocenters. The van der Waals surface area contributed by atoms with Gasteiger partial charge in [0.05, 0.1) is 15.5 Å². The molecule has 1 atom stereocenters. The largest absolute Gasteiger partial charge is 0.359 e. The Morgan fingerprint density at radius 3 is 2.44 bits per heavy atom. The van der Waals surface area contributed by atoms with Gasteiger partial charge in [-0.1, -0.05) is 31.2 Å². The number of halogens is 3. The van der Waals surface area contributed by atoms with E-state index in [1.807, 2.05) is 6.79 Å². The Balaban J connectivity index is 0.00000226. The molecule has 0 bridgehead atoms. The maximum absolute atomic E-state index is 15.1. The SMILES string of the molecule is C=O.C[Si](C)(C)CCOCn1ncnc1C(=O)CC1CCC(c2cc(F)ccc2F)([S@@](=O)c2ccc(Cl)cc2)CC1. The van der Waals surface area contributed by atoms with E-state index in [1.165, 1.54) is 11.0 Å². The van der Waals surface area contributed by atoms with Crippen molar-refractivity contribution in [3.63, 3.8) is 0 Å². The van der Waals surface area contributed by atoms with Gasteiger partial charge in [0.2, 0.25) is 0 Å². The predicted octanol–water partition coefficient (Wildman–Crippen LogP) is 6.80. The van der Waals surface area contributed by atoms with E-state index >= 15 is 4.39 Å². The zero-order chi connectivity index (χ0) is 30.2. The maximum Gasteiger partial charge on any atom is 0.200 e. The molecule has 0 aliphatic heterocycles. The molecule has 41 heavy (non-hydrogen) atoms. The van der Waals surface area contributed by atoms with E-state index in [1.54, 1.807) is 24.3 Å². The Morgan fingerprint density at radius 1 is 1.15 bits per heavy atom. The number of ketones is 1. The number of benzene rings is 2. The molecular weight excluding hydrogens is 588 g/mol.